The van der Waals surface area contributed by atoms with Crippen LogP contribution in [0.4, 0.5) is 4.79 Å². The predicted octanol–water partition coefficient (Wildman–Crippen LogP) is -1.86. The van der Waals surface area contributed by atoms with Crippen LogP contribution in [-0.4, -0.2) is 47.6 Å². The highest BCUT2D eigenvalue weighted by Gasteiger charge is 2.45. The number of urea groups is 1. The van der Waals surface area contributed by atoms with E-state index in [2.05, 4.69) is 0 Å². The zero-order chi connectivity index (χ0) is 11.0. The fourth-order valence-electron chi connectivity index (χ4n) is 1.15. The molecule has 0 bridgehead atoms. The van der Waals surface area contributed by atoms with Crippen LogP contribution in [0.1, 0.15) is 0 Å². The minimum absolute atomic E-state index is 0.691. The summed E-state index contributed by atoms with van der Waals surface area (Å²) in [5.41, 5.74) is 4.87. The molecule has 7 heteroatoms. The van der Waals surface area contributed by atoms with E-state index in [-0.39, 0.29) is 0 Å². The molecule has 0 aliphatic carbocycles. The molecule has 0 unspecified atom stereocenters. The van der Waals surface area contributed by atoms with Gasteiger partial charge in [-0.15, -0.1) is 0 Å². The van der Waals surface area contributed by atoms with E-state index in [9.17, 15) is 19.2 Å². The molecule has 1 fully saturated rings. The second-order valence-corrected chi connectivity index (χ2v) is 2.91. The van der Waals surface area contributed by atoms with Crippen LogP contribution in [0.2, 0.25) is 0 Å². The fraction of sp³-hybridized carbons (Fsp3) is 0.429. The van der Waals surface area contributed by atoms with Gasteiger partial charge in [-0.05, 0) is 0 Å². The van der Waals surface area contributed by atoms with Gasteiger partial charge in [0.1, 0.15) is 0 Å². The van der Waals surface area contributed by atoms with Crippen LogP contribution in [-0.2, 0) is 14.4 Å². The van der Waals surface area contributed by atoms with Crippen molar-refractivity contribution in [2.45, 2.75) is 0 Å². The highest BCUT2D eigenvalue weighted by Crippen LogP contribution is 2.14. The van der Waals surface area contributed by atoms with Crippen LogP contribution in [0.5, 0.6) is 0 Å². The quantitative estimate of drug-likeness (QED) is 0.500. The first-order valence-corrected chi connectivity index (χ1v) is 3.76. The van der Waals surface area contributed by atoms with E-state index >= 15 is 0 Å². The van der Waals surface area contributed by atoms with E-state index in [0.717, 1.165) is 0 Å². The maximum Gasteiger partial charge on any atom is 0.332 e. The topological polar surface area (TPSA) is 101 Å². The van der Waals surface area contributed by atoms with Crippen molar-refractivity contribution in [2.75, 3.05) is 14.1 Å². The second-order valence-electron chi connectivity index (χ2n) is 2.91. The minimum Gasteiger partial charge on any atom is -0.369 e. The summed E-state index contributed by atoms with van der Waals surface area (Å²) in [4.78, 5) is 45.9. The molecule has 14 heavy (non-hydrogen) atoms. The molecule has 0 aromatic rings. The third kappa shape index (κ3) is 1.22. The van der Waals surface area contributed by atoms with Crippen molar-refractivity contribution in [2.24, 2.45) is 11.7 Å². The number of hydrogen-bond donors (Lipinski definition) is 1. The second kappa shape index (κ2) is 3.09. The molecule has 1 aliphatic heterocycles. The maximum absolute atomic E-state index is 11.3. The number of amides is 5. The molecular formula is C7H9N3O4. The van der Waals surface area contributed by atoms with Crippen LogP contribution in [0.15, 0.2) is 0 Å². The maximum atomic E-state index is 11.3. The Morgan fingerprint density at radius 3 is 1.79 bits per heavy atom. The average Bonchev–Trinajstić information content (AvgIpc) is 2.11. The van der Waals surface area contributed by atoms with Gasteiger partial charge in [-0.25, -0.2) is 4.79 Å². The molecule has 0 saturated carbocycles. The lowest BCUT2D eigenvalue weighted by Gasteiger charge is -2.31. The summed E-state index contributed by atoms with van der Waals surface area (Å²) >= 11 is 0. The van der Waals surface area contributed by atoms with Crippen LogP contribution in [0, 0.1) is 5.92 Å². The van der Waals surface area contributed by atoms with Gasteiger partial charge in [0.05, 0.1) is 0 Å². The van der Waals surface area contributed by atoms with Crippen LogP contribution >= 0.6 is 0 Å². The van der Waals surface area contributed by atoms with Crippen molar-refractivity contribution < 1.29 is 19.2 Å². The Morgan fingerprint density at radius 1 is 1.14 bits per heavy atom. The monoisotopic (exact) mass is 199 g/mol. The molecule has 0 radical (unpaired) electrons. The Bertz CT molecular complexity index is 314. The van der Waals surface area contributed by atoms with Crippen LogP contribution in [0.25, 0.3) is 0 Å². The van der Waals surface area contributed by atoms with E-state index in [4.69, 9.17) is 5.73 Å². The highest BCUT2D eigenvalue weighted by atomic mass is 16.2. The standard InChI is InChI=1S/C7H9N3O4/c1-9-5(12)3(4(8)11)6(13)10(2)7(9)14/h3H,1-2H3,(H2,8,11). The first-order chi connectivity index (χ1) is 6.37. The summed E-state index contributed by atoms with van der Waals surface area (Å²) in [6.07, 6.45) is 0. The summed E-state index contributed by atoms with van der Waals surface area (Å²) < 4.78 is 0. The fourth-order valence-corrected chi connectivity index (χ4v) is 1.15. The van der Waals surface area contributed by atoms with Gasteiger partial charge in [0.25, 0.3) is 11.8 Å². The number of carbonyl (C=O) groups is 4. The smallest absolute Gasteiger partial charge is 0.332 e. The number of imide groups is 2. The molecule has 7 nitrogen and oxygen atoms in total. The van der Waals surface area contributed by atoms with Crippen molar-refractivity contribution in [1.29, 1.82) is 0 Å². The lowest BCUT2D eigenvalue weighted by molar-refractivity contribution is -0.151. The van der Waals surface area contributed by atoms with Gasteiger partial charge < -0.3 is 5.73 Å². The predicted molar refractivity (Wildman–Crippen MR) is 43.6 cm³/mol. The van der Waals surface area contributed by atoms with Gasteiger partial charge in [0.15, 0.2) is 5.92 Å². The number of rotatable bonds is 1. The first-order valence-electron chi connectivity index (χ1n) is 3.76. The number of nitrogens with zero attached hydrogens (tertiary/aromatic N) is 2. The Hall–Kier alpha value is -1.92. The van der Waals surface area contributed by atoms with Crippen molar-refractivity contribution in [1.82, 2.24) is 9.80 Å². The molecule has 0 atom stereocenters. The lowest BCUT2D eigenvalue weighted by Crippen LogP contribution is -2.60. The Balaban J connectivity index is 3.10. The van der Waals surface area contributed by atoms with Gasteiger partial charge in [-0.3, -0.25) is 24.2 Å². The van der Waals surface area contributed by atoms with Gasteiger partial charge in [0, 0.05) is 14.1 Å². The minimum atomic E-state index is -1.58. The van der Waals surface area contributed by atoms with E-state index in [1.165, 1.54) is 14.1 Å². The number of primary amides is 1. The Kier molecular flexibility index (Phi) is 2.24. The molecule has 1 heterocycles. The number of barbiturate groups is 1. The third-order valence-corrected chi connectivity index (χ3v) is 2.01. The number of nitrogens with two attached hydrogens (primary N) is 1. The molecule has 76 valence electrons. The van der Waals surface area contributed by atoms with Crippen LogP contribution < -0.4 is 5.73 Å². The number of hydrogen-bond acceptors (Lipinski definition) is 4. The first kappa shape index (κ1) is 10.2. The lowest BCUT2D eigenvalue weighted by atomic mass is 10.0. The third-order valence-electron chi connectivity index (χ3n) is 2.01. The van der Waals surface area contributed by atoms with Gasteiger partial charge in [-0.1, -0.05) is 0 Å². The van der Waals surface area contributed by atoms with E-state index in [1.807, 2.05) is 0 Å². The van der Waals surface area contributed by atoms with Crippen LogP contribution in [0.3, 0.4) is 0 Å². The number of carbonyl (C=O) groups excluding carboxylic acids is 4. The molecule has 0 spiro atoms. The molecule has 0 aromatic carbocycles. The summed E-state index contributed by atoms with van der Waals surface area (Å²) in [6, 6.07) is -0.766. The Morgan fingerprint density at radius 2 is 1.50 bits per heavy atom. The summed E-state index contributed by atoms with van der Waals surface area (Å²) in [5, 5.41) is 0. The van der Waals surface area contributed by atoms with Gasteiger partial charge in [-0.2, -0.15) is 0 Å². The highest BCUT2D eigenvalue weighted by molar-refractivity contribution is 6.25. The zero-order valence-corrected chi connectivity index (χ0v) is 7.68. The summed E-state index contributed by atoms with van der Waals surface area (Å²) in [5.74, 6) is -4.40. The van der Waals surface area contributed by atoms with E-state index in [1.54, 1.807) is 0 Å². The summed E-state index contributed by atoms with van der Waals surface area (Å²) in [7, 11) is 2.37. The van der Waals surface area contributed by atoms with E-state index < -0.39 is 29.7 Å². The van der Waals surface area contributed by atoms with Crippen molar-refractivity contribution in [3.63, 3.8) is 0 Å². The Labute approximate surface area is 79.4 Å². The van der Waals surface area contributed by atoms with Crippen molar-refractivity contribution >= 4 is 23.8 Å². The SMILES string of the molecule is CN1C(=O)C(C(N)=O)C(=O)N(C)C1=O. The molecule has 2 N–H and O–H groups in total. The molecule has 5 amide bonds. The molecular weight excluding hydrogens is 190 g/mol. The van der Waals surface area contributed by atoms with Crippen molar-refractivity contribution in [3.8, 4) is 0 Å². The van der Waals surface area contributed by atoms with Crippen molar-refractivity contribution in [3.05, 3.63) is 0 Å². The zero-order valence-electron chi connectivity index (χ0n) is 7.68. The van der Waals surface area contributed by atoms with E-state index in [0.29, 0.717) is 9.80 Å². The normalized spacial score (nSPS) is 19.1. The molecule has 1 aliphatic rings. The van der Waals surface area contributed by atoms with Gasteiger partial charge >= 0.3 is 6.03 Å². The van der Waals surface area contributed by atoms with Gasteiger partial charge in [0.2, 0.25) is 5.91 Å². The molecule has 1 rings (SSSR count). The average molecular weight is 199 g/mol. The molecule has 1 saturated heterocycles. The largest absolute Gasteiger partial charge is 0.369 e. The summed E-state index contributed by atoms with van der Waals surface area (Å²) in [6.45, 7) is 0. The molecule has 0 aromatic heterocycles.